The Morgan fingerprint density at radius 2 is 1.77 bits per heavy atom. The van der Waals surface area contributed by atoms with Gasteiger partial charge < -0.3 is 5.32 Å². The van der Waals surface area contributed by atoms with Crippen LogP contribution < -0.4 is 5.32 Å². The maximum atomic E-state index is 13.9. The van der Waals surface area contributed by atoms with Crippen LogP contribution in [0, 0.1) is 11.6 Å². The Balaban J connectivity index is 1.86. The average molecular weight is 518 g/mol. The Labute approximate surface area is 186 Å². The van der Waals surface area contributed by atoms with Crippen LogP contribution in [0.5, 0.6) is 0 Å². The van der Waals surface area contributed by atoms with Crippen LogP contribution in [-0.2, 0) is 11.0 Å². The number of anilines is 1. The Morgan fingerprint density at radius 3 is 2.39 bits per heavy atom. The number of benzene rings is 2. The molecule has 0 aliphatic rings. The third-order valence-electron chi connectivity index (χ3n) is 3.97. The van der Waals surface area contributed by atoms with E-state index in [0.29, 0.717) is 23.4 Å². The standard InChI is InChI=1S/C20H13BrF5N3OS/c1-10(18(30)29-17-13(21)7-12(22)8-14(17)23)31-19-27-15(11-5-3-2-4-6-11)9-16(28-19)20(24,25)26/h2-10H,1H3,(H,29,30)/t10-/m1/s1. The number of thioether (sulfide) groups is 1. The number of nitrogens with one attached hydrogen (secondary N) is 1. The maximum Gasteiger partial charge on any atom is 0.433 e. The number of halogens is 6. The van der Waals surface area contributed by atoms with Gasteiger partial charge in [0.15, 0.2) is 11.0 Å². The fourth-order valence-corrected chi connectivity index (χ4v) is 3.77. The van der Waals surface area contributed by atoms with Gasteiger partial charge in [0.05, 0.1) is 16.6 Å². The first-order chi connectivity index (χ1) is 14.5. The van der Waals surface area contributed by atoms with Crippen molar-refractivity contribution in [1.29, 1.82) is 0 Å². The number of hydrogen-bond donors (Lipinski definition) is 1. The van der Waals surface area contributed by atoms with E-state index in [4.69, 9.17) is 0 Å². The third kappa shape index (κ3) is 5.79. The van der Waals surface area contributed by atoms with Gasteiger partial charge >= 0.3 is 6.18 Å². The minimum absolute atomic E-state index is 0.0165. The molecule has 0 aliphatic carbocycles. The van der Waals surface area contributed by atoms with E-state index in [1.54, 1.807) is 30.3 Å². The molecule has 1 aromatic heterocycles. The number of carbonyl (C=O) groups excluding carboxylic acids is 1. The van der Waals surface area contributed by atoms with Crippen LogP contribution in [0.15, 0.2) is 58.2 Å². The monoisotopic (exact) mass is 517 g/mol. The number of hydrogen-bond acceptors (Lipinski definition) is 4. The molecule has 0 aliphatic heterocycles. The normalized spacial score (nSPS) is 12.5. The van der Waals surface area contributed by atoms with Crippen molar-refractivity contribution >= 4 is 39.3 Å². The molecule has 2 aromatic carbocycles. The summed E-state index contributed by atoms with van der Waals surface area (Å²) in [7, 11) is 0. The Kier molecular flexibility index (Phi) is 6.95. The molecule has 0 saturated carbocycles. The van der Waals surface area contributed by atoms with Gasteiger partial charge in [0.2, 0.25) is 5.91 Å². The molecular formula is C20H13BrF5N3OS. The van der Waals surface area contributed by atoms with Crippen LogP contribution in [0.2, 0.25) is 0 Å². The number of rotatable bonds is 5. The topological polar surface area (TPSA) is 54.9 Å². The van der Waals surface area contributed by atoms with Crippen molar-refractivity contribution in [1.82, 2.24) is 9.97 Å². The molecule has 1 amide bonds. The largest absolute Gasteiger partial charge is 0.433 e. The molecule has 0 fully saturated rings. The average Bonchev–Trinajstić information content (AvgIpc) is 2.70. The summed E-state index contributed by atoms with van der Waals surface area (Å²) in [6.07, 6.45) is -4.71. The van der Waals surface area contributed by atoms with Crippen molar-refractivity contribution in [2.24, 2.45) is 0 Å². The second-order valence-corrected chi connectivity index (χ2v) is 8.44. The highest BCUT2D eigenvalue weighted by molar-refractivity contribution is 9.10. The Hall–Kier alpha value is -2.53. The summed E-state index contributed by atoms with van der Waals surface area (Å²) >= 11 is 3.64. The smallest absolute Gasteiger partial charge is 0.322 e. The predicted molar refractivity (Wildman–Crippen MR) is 110 cm³/mol. The Morgan fingerprint density at radius 1 is 1.10 bits per heavy atom. The molecule has 31 heavy (non-hydrogen) atoms. The van der Waals surface area contributed by atoms with E-state index in [0.717, 1.165) is 12.1 Å². The number of nitrogens with zero attached hydrogens (tertiary/aromatic N) is 2. The number of carbonyl (C=O) groups is 1. The van der Waals surface area contributed by atoms with Crippen LogP contribution in [-0.4, -0.2) is 21.1 Å². The fourth-order valence-electron chi connectivity index (χ4n) is 2.48. The molecule has 1 heterocycles. The summed E-state index contributed by atoms with van der Waals surface area (Å²) in [6.45, 7) is 1.40. The summed E-state index contributed by atoms with van der Waals surface area (Å²) in [6, 6.07) is 10.6. The summed E-state index contributed by atoms with van der Waals surface area (Å²) in [5, 5.41) is 1.04. The van der Waals surface area contributed by atoms with Gasteiger partial charge in [-0.3, -0.25) is 4.79 Å². The van der Waals surface area contributed by atoms with Crippen molar-refractivity contribution < 1.29 is 26.7 Å². The van der Waals surface area contributed by atoms with Crippen molar-refractivity contribution in [3.63, 3.8) is 0 Å². The Bertz CT molecular complexity index is 1090. The molecule has 0 spiro atoms. The van der Waals surface area contributed by atoms with E-state index in [2.05, 4.69) is 31.2 Å². The molecule has 11 heteroatoms. The minimum Gasteiger partial charge on any atom is -0.322 e. The second-order valence-electron chi connectivity index (χ2n) is 6.28. The van der Waals surface area contributed by atoms with Gasteiger partial charge in [0, 0.05) is 16.1 Å². The van der Waals surface area contributed by atoms with Crippen molar-refractivity contribution in [2.75, 3.05) is 5.32 Å². The summed E-state index contributed by atoms with van der Waals surface area (Å²) in [5.41, 5.74) is -0.936. The summed E-state index contributed by atoms with van der Waals surface area (Å²) in [4.78, 5) is 20.1. The van der Waals surface area contributed by atoms with E-state index in [1.165, 1.54) is 6.92 Å². The number of aromatic nitrogens is 2. The SMILES string of the molecule is C[C@@H](Sc1nc(-c2ccccc2)cc(C(F)(F)F)n1)C(=O)Nc1c(F)cc(F)cc1Br. The molecule has 1 N–H and O–H groups in total. The molecule has 0 radical (unpaired) electrons. The van der Waals surface area contributed by atoms with Crippen LogP contribution in [0.1, 0.15) is 12.6 Å². The fraction of sp³-hybridized carbons (Fsp3) is 0.150. The molecular weight excluding hydrogens is 505 g/mol. The number of alkyl halides is 3. The van der Waals surface area contributed by atoms with Gasteiger partial charge in [-0.05, 0) is 35.0 Å². The predicted octanol–water partition coefficient (Wildman–Crippen LogP) is 6.32. The van der Waals surface area contributed by atoms with Gasteiger partial charge in [0.1, 0.15) is 11.5 Å². The molecule has 0 saturated heterocycles. The van der Waals surface area contributed by atoms with Gasteiger partial charge in [-0.25, -0.2) is 18.7 Å². The van der Waals surface area contributed by atoms with Crippen molar-refractivity contribution in [2.45, 2.75) is 23.5 Å². The van der Waals surface area contributed by atoms with E-state index in [-0.39, 0.29) is 21.0 Å². The molecule has 0 unspecified atom stereocenters. The van der Waals surface area contributed by atoms with E-state index >= 15 is 0 Å². The molecule has 162 valence electrons. The first-order valence-corrected chi connectivity index (χ1v) is 10.4. The molecule has 3 rings (SSSR count). The van der Waals surface area contributed by atoms with E-state index < -0.39 is 34.7 Å². The zero-order valence-corrected chi connectivity index (χ0v) is 18.1. The molecule has 1 atom stereocenters. The molecule has 0 bridgehead atoms. The zero-order valence-electron chi connectivity index (χ0n) is 15.7. The van der Waals surface area contributed by atoms with E-state index in [9.17, 15) is 26.7 Å². The first kappa shape index (κ1) is 23.1. The highest BCUT2D eigenvalue weighted by Crippen LogP contribution is 2.33. The first-order valence-electron chi connectivity index (χ1n) is 8.68. The second kappa shape index (κ2) is 9.31. The van der Waals surface area contributed by atoms with Gasteiger partial charge in [-0.2, -0.15) is 13.2 Å². The van der Waals surface area contributed by atoms with Crippen LogP contribution >= 0.6 is 27.7 Å². The lowest BCUT2D eigenvalue weighted by atomic mass is 10.1. The van der Waals surface area contributed by atoms with Crippen LogP contribution in [0.25, 0.3) is 11.3 Å². The van der Waals surface area contributed by atoms with Crippen molar-refractivity contribution in [3.05, 3.63) is 70.3 Å². The highest BCUT2D eigenvalue weighted by atomic mass is 79.9. The van der Waals surface area contributed by atoms with Gasteiger partial charge in [-0.15, -0.1) is 0 Å². The lowest BCUT2D eigenvalue weighted by Crippen LogP contribution is -2.24. The quantitative estimate of drug-likeness (QED) is 0.244. The van der Waals surface area contributed by atoms with Gasteiger partial charge in [0.25, 0.3) is 0 Å². The minimum atomic E-state index is -4.71. The summed E-state index contributed by atoms with van der Waals surface area (Å²) in [5.74, 6) is -2.56. The lowest BCUT2D eigenvalue weighted by molar-refractivity contribution is -0.141. The summed E-state index contributed by atoms with van der Waals surface area (Å²) < 4.78 is 67.1. The van der Waals surface area contributed by atoms with Gasteiger partial charge in [-0.1, -0.05) is 42.1 Å². The molecule has 3 aromatic rings. The zero-order chi connectivity index (χ0) is 22.8. The molecule has 4 nitrogen and oxygen atoms in total. The maximum absolute atomic E-state index is 13.9. The lowest BCUT2D eigenvalue weighted by Gasteiger charge is -2.15. The third-order valence-corrected chi connectivity index (χ3v) is 5.56. The highest BCUT2D eigenvalue weighted by Gasteiger charge is 2.34. The number of amides is 1. The van der Waals surface area contributed by atoms with Crippen LogP contribution in [0.3, 0.4) is 0 Å². The van der Waals surface area contributed by atoms with Crippen LogP contribution in [0.4, 0.5) is 27.6 Å². The van der Waals surface area contributed by atoms with Crippen molar-refractivity contribution in [3.8, 4) is 11.3 Å². The van der Waals surface area contributed by atoms with E-state index in [1.807, 2.05) is 0 Å².